The number of aryl methyl sites for hydroxylation is 1. The monoisotopic (exact) mass is 414 g/mol. The van der Waals surface area contributed by atoms with Crippen LogP contribution in [0.15, 0.2) is 77.0 Å². The molecular formula is C20H18N2O4S2+. The second-order valence-corrected chi connectivity index (χ2v) is 10.9. The number of aliphatic imine (C=N–C) groups is 1. The van der Waals surface area contributed by atoms with Crippen molar-refractivity contribution in [1.29, 1.82) is 0 Å². The third-order valence-electron chi connectivity index (χ3n) is 4.52. The first-order valence-corrected chi connectivity index (χ1v) is 11.8. The average Bonchev–Trinajstić information content (AvgIpc) is 3.24. The number of benzene rings is 2. The van der Waals surface area contributed by atoms with Gasteiger partial charge < -0.3 is 0 Å². The molecule has 143 valence electrons. The molecule has 0 aromatic heterocycles. The van der Waals surface area contributed by atoms with Crippen LogP contribution >= 0.6 is 10.3 Å². The van der Waals surface area contributed by atoms with Gasteiger partial charge in [-0.3, -0.25) is 4.79 Å². The number of aldehydes is 1. The molecule has 2 aromatic carbocycles. The average molecular weight is 415 g/mol. The standard InChI is InChI=1S/C20H18N2O4S2/c1-15-3-9-18(10-4-15)28(24,25)26-27(2)19(13-22-12-11-21-20(22)27)17-7-5-16(14-23)6-8-17/h3-14H,1-2H3/q+1. The van der Waals surface area contributed by atoms with E-state index in [2.05, 4.69) is 4.99 Å². The van der Waals surface area contributed by atoms with Crippen molar-refractivity contribution in [3.05, 3.63) is 83.8 Å². The summed E-state index contributed by atoms with van der Waals surface area (Å²) >= 11 is 0. The van der Waals surface area contributed by atoms with Gasteiger partial charge in [0, 0.05) is 22.1 Å². The summed E-state index contributed by atoms with van der Waals surface area (Å²) in [6.45, 7) is 1.89. The largest absolute Gasteiger partial charge is 0.333 e. The second kappa shape index (κ2) is 6.82. The van der Waals surface area contributed by atoms with Crippen molar-refractivity contribution in [2.24, 2.45) is 4.99 Å². The van der Waals surface area contributed by atoms with Gasteiger partial charge in [-0.25, -0.2) is 3.63 Å². The molecule has 1 atom stereocenters. The van der Waals surface area contributed by atoms with Crippen LogP contribution in [-0.2, 0) is 13.7 Å². The topological polar surface area (TPSA) is 78.7 Å². The van der Waals surface area contributed by atoms with Crippen LogP contribution in [0.4, 0.5) is 0 Å². The van der Waals surface area contributed by atoms with E-state index in [0.29, 0.717) is 10.7 Å². The number of nitrogens with zero attached hydrogens (tertiary/aromatic N) is 2. The van der Waals surface area contributed by atoms with Crippen LogP contribution in [0.5, 0.6) is 0 Å². The van der Waals surface area contributed by atoms with E-state index in [-0.39, 0.29) is 4.90 Å². The highest BCUT2D eigenvalue weighted by Gasteiger charge is 2.53. The molecule has 0 saturated carbocycles. The van der Waals surface area contributed by atoms with Crippen LogP contribution in [0.1, 0.15) is 21.5 Å². The molecule has 1 radical (unpaired) electrons. The van der Waals surface area contributed by atoms with Crippen molar-refractivity contribution >= 4 is 36.8 Å². The molecule has 28 heavy (non-hydrogen) atoms. The minimum absolute atomic E-state index is 0.104. The van der Waals surface area contributed by atoms with E-state index in [0.717, 1.165) is 22.3 Å². The summed E-state index contributed by atoms with van der Waals surface area (Å²) in [6.07, 6.45) is 7.74. The Kier molecular flexibility index (Phi) is 4.59. The van der Waals surface area contributed by atoms with Gasteiger partial charge in [-0.1, -0.05) is 42.0 Å². The van der Waals surface area contributed by atoms with Crippen molar-refractivity contribution in [3.63, 3.8) is 0 Å². The number of hydrogen-bond acceptors (Lipinski definition) is 6. The smallest absolute Gasteiger partial charge is 0.298 e. The molecule has 8 heteroatoms. The molecule has 6 nitrogen and oxygen atoms in total. The van der Waals surface area contributed by atoms with E-state index in [4.69, 9.17) is 3.63 Å². The zero-order valence-electron chi connectivity index (χ0n) is 15.3. The highest BCUT2D eigenvalue weighted by atomic mass is 32.3. The van der Waals surface area contributed by atoms with Crippen LogP contribution in [-0.4, -0.2) is 26.1 Å². The number of amidine groups is 1. The number of carbonyl (C=O) groups is 1. The number of hydrogen-bond donors (Lipinski definition) is 0. The molecule has 2 heterocycles. The fourth-order valence-corrected chi connectivity index (χ4v) is 7.67. The lowest BCUT2D eigenvalue weighted by molar-refractivity contribution is 0.112. The summed E-state index contributed by atoms with van der Waals surface area (Å²) < 4.78 is 31.9. The molecule has 0 spiro atoms. The Balaban J connectivity index is 1.76. The van der Waals surface area contributed by atoms with E-state index in [1.54, 1.807) is 60.0 Å². The molecule has 0 amide bonds. The van der Waals surface area contributed by atoms with Crippen molar-refractivity contribution in [3.8, 4) is 0 Å². The third kappa shape index (κ3) is 3.14. The number of fused-ring (bicyclic) bond motifs is 1. The molecule has 2 aliphatic heterocycles. The maximum Gasteiger partial charge on any atom is 0.333 e. The van der Waals surface area contributed by atoms with Gasteiger partial charge in [-0.15, -0.1) is 0 Å². The predicted molar refractivity (Wildman–Crippen MR) is 111 cm³/mol. The quantitative estimate of drug-likeness (QED) is 0.550. The Hall–Kier alpha value is -2.52. The molecule has 1 unspecified atom stereocenters. The summed E-state index contributed by atoms with van der Waals surface area (Å²) in [4.78, 5) is 17.9. The molecule has 0 aliphatic carbocycles. The first kappa shape index (κ1) is 18.8. The van der Waals surface area contributed by atoms with Gasteiger partial charge in [0.1, 0.15) is 6.29 Å². The van der Waals surface area contributed by atoms with Crippen molar-refractivity contribution < 1.29 is 16.8 Å². The highest BCUT2D eigenvalue weighted by molar-refractivity contribution is 8.50. The normalized spacial score (nSPS) is 23.6. The summed E-state index contributed by atoms with van der Waals surface area (Å²) in [5.74, 6) is 0. The minimum Gasteiger partial charge on any atom is -0.298 e. The molecule has 0 N–H and O–H groups in total. The fraction of sp³-hybridized carbons (Fsp3) is 0.100. The minimum atomic E-state index is -4.01. The first-order valence-electron chi connectivity index (χ1n) is 8.45. The lowest BCUT2D eigenvalue weighted by atomic mass is 10.1. The fourth-order valence-electron chi connectivity index (χ4n) is 3.04. The molecule has 0 bridgehead atoms. The molecule has 2 aromatic rings. The van der Waals surface area contributed by atoms with Gasteiger partial charge in [-0.05, 0) is 29.5 Å². The van der Waals surface area contributed by atoms with Gasteiger partial charge in [-0.2, -0.15) is 13.4 Å². The summed E-state index contributed by atoms with van der Waals surface area (Å²) in [6, 6.07) is 13.5. The molecule has 0 fully saturated rings. The summed E-state index contributed by atoms with van der Waals surface area (Å²) in [5, 5.41) is 0.553. The lowest BCUT2D eigenvalue weighted by Gasteiger charge is -2.28. The van der Waals surface area contributed by atoms with Crippen LogP contribution in [0.25, 0.3) is 4.91 Å². The maximum atomic E-state index is 13.0. The van der Waals surface area contributed by atoms with Crippen molar-refractivity contribution in [2.45, 2.75) is 11.8 Å². The molecule has 2 aliphatic rings. The summed E-state index contributed by atoms with van der Waals surface area (Å²) in [7, 11) is -6.42. The van der Waals surface area contributed by atoms with E-state index in [9.17, 15) is 13.2 Å². The van der Waals surface area contributed by atoms with Crippen LogP contribution in [0.3, 0.4) is 0 Å². The Morgan fingerprint density at radius 3 is 2.39 bits per heavy atom. The Bertz CT molecular complexity index is 1130. The van der Waals surface area contributed by atoms with Gasteiger partial charge in [0.15, 0.2) is 12.4 Å². The van der Waals surface area contributed by atoms with E-state index in [1.807, 2.05) is 13.1 Å². The van der Waals surface area contributed by atoms with Crippen molar-refractivity contribution in [1.82, 2.24) is 4.90 Å². The Morgan fingerprint density at radius 2 is 1.75 bits per heavy atom. The SMILES string of the molecule is Cc1ccc(S(=O)(=O)OS2(C)C(c3ccc(C=O)cc3)=C[N+]3C=CN=C32)cc1. The third-order valence-corrected chi connectivity index (χ3v) is 9.37. The van der Waals surface area contributed by atoms with Crippen LogP contribution < -0.4 is 4.90 Å². The van der Waals surface area contributed by atoms with Gasteiger partial charge >= 0.3 is 15.3 Å². The van der Waals surface area contributed by atoms with Gasteiger partial charge in [0.25, 0.3) is 0 Å². The first-order chi connectivity index (χ1) is 13.3. The van der Waals surface area contributed by atoms with E-state index in [1.165, 1.54) is 12.1 Å². The van der Waals surface area contributed by atoms with Crippen LogP contribution in [0, 0.1) is 6.92 Å². The summed E-state index contributed by atoms with van der Waals surface area (Å²) in [5.41, 5.74) is 2.29. The van der Waals surface area contributed by atoms with Crippen LogP contribution in [0.2, 0.25) is 0 Å². The maximum absolute atomic E-state index is 13.0. The lowest BCUT2D eigenvalue weighted by Crippen LogP contribution is -2.25. The zero-order valence-corrected chi connectivity index (χ0v) is 16.9. The molecule has 4 rings (SSSR count). The van der Waals surface area contributed by atoms with E-state index >= 15 is 0 Å². The van der Waals surface area contributed by atoms with Gasteiger partial charge in [0.05, 0.1) is 16.0 Å². The zero-order chi connectivity index (χ0) is 19.9. The van der Waals surface area contributed by atoms with Gasteiger partial charge in [0.2, 0.25) is 0 Å². The molecule has 0 saturated heterocycles. The van der Waals surface area contributed by atoms with E-state index < -0.39 is 20.4 Å². The Morgan fingerprint density at radius 1 is 1.07 bits per heavy atom. The Labute approximate surface area is 165 Å². The second-order valence-electron chi connectivity index (χ2n) is 6.53. The number of rotatable bonds is 5. The van der Waals surface area contributed by atoms with Crippen molar-refractivity contribution in [2.75, 3.05) is 6.26 Å². The predicted octanol–water partition coefficient (Wildman–Crippen LogP) is 3.86. The highest BCUT2D eigenvalue weighted by Crippen LogP contribution is 2.64. The number of carbonyl (C=O) groups excluding carboxylic acids is 1. The molecular weight excluding hydrogens is 396 g/mol.